The number of nitriles is 1. The zero-order chi connectivity index (χ0) is 60.0. The lowest BCUT2D eigenvalue weighted by Gasteiger charge is -2.50. The molecule has 4 amide bonds. The van der Waals surface area contributed by atoms with Gasteiger partial charge in [-0.3, -0.25) is 38.4 Å². The lowest BCUT2D eigenvalue weighted by atomic mass is 9.86. The zero-order valence-electron chi connectivity index (χ0n) is 47.3. The van der Waals surface area contributed by atoms with Gasteiger partial charge in [-0.05, 0) is 81.0 Å². The Bertz CT molecular complexity index is 3070. The van der Waals surface area contributed by atoms with Crippen LogP contribution in [0.5, 0.6) is 5.75 Å². The van der Waals surface area contributed by atoms with Crippen LogP contribution in [0.15, 0.2) is 48.8 Å². The van der Waals surface area contributed by atoms with Gasteiger partial charge in [0.15, 0.2) is 12.2 Å². The predicted molar refractivity (Wildman–Crippen MR) is 286 cm³/mol. The summed E-state index contributed by atoms with van der Waals surface area (Å²) >= 11 is 0. The van der Waals surface area contributed by atoms with Crippen molar-refractivity contribution in [2.75, 3.05) is 13.7 Å². The Labute approximate surface area is 478 Å². The van der Waals surface area contributed by atoms with Gasteiger partial charge in [0, 0.05) is 50.9 Å². The minimum absolute atomic E-state index is 0.0447. The molecule has 0 unspecified atom stereocenters. The molecule has 2 aliphatic carbocycles. The monoisotopic (exact) mass is 1150 g/mol. The minimum atomic E-state index is -2.59. The van der Waals surface area contributed by atoms with Crippen molar-refractivity contribution in [2.45, 2.75) is 180 Å². The average Bonchev–Trinajstić information content (AvgIpc) is 3.14. The molecule has 2 aromatic heterocycles. The highest BCUT2D eigenvalue weighted by molar-refractivity contribution is 5.95. The van der Waals surface area contributed by atoms with Crippen molar-refractivity contribution in [1.29, 1.82) is 5.26 Å². The molecule has 83 heavy (non-hydrogen) atoms. The molecule has 27 nitrogen and oxygen atoms in total. The summed E-state index contributed by atoms with van der Waals surface area (Å²) in [6, 6.07) is 8.72. The number of esters is 5. The van der Waals surface area contributed by atoms with Gasteiger partial charge in [-0.1, -0.05) is 48.6 Å². The molecule has 8 atom stereocenters. The Morgan fingerprint density at radius 1 is 0.747 bits per heavy atom. The van der Waals surface area contributed by atoms with Crippen LogP contribution < -0.4 is 26.0 Å². The smallest absolute Gasteiger partial charge is 0.366 e. The van der Waals surface area contributed by atoms with Gasteiger partial charge in [-0.25, -0.2) is 14.2 Å². The third kappa shape index (κ3) is 16.7. The first-order chi connectivity index (χ1) is 39.6. The van der Waals surface area contributed by atoms with E-state index in [0.29, 0.717) is 47.3 Å². The molecule has 0 bridgehead atoms. The molecule has 7 rings (SSSR count). The molecule has 444 valence electrons. The second-order valence-corrected chi connectivity index (χ2v) is 20.8. The van der Waals surface area contributed by atoms with E-state index in [1.165, 1.54) is 40.7 Å². The van der Waals surface area contributed by atoms with Gasteiger partial charge in [0.2, 0.25) is 11.8 Å². The van der Waals surface area contributed by atoms with Crippen LogP contribution in [0, 0.1) is 25.2 Å². The Balaban J connectivity index is 1.19. The number of hydrogen-bond donors (Lipinski definition) is 4. The average molecular weight is 1150 g/mol. The molecule has 1 aliphatic heterocycles. The van der Waals surface area contributed by atoms with Crippen LogP contribution in [0.1, 0.15) is 147 Å². The Morgan fingerprint density at radius 3 is 2.06 bits per heavy atom. The Kier molecular flexibility index (Phi) is 21.2. The number of ether oxygens (including phenoxy) is 7. The highest BCUT2D eigenvalue weighted by atomic mass is 16.7. The number of methoxy groups -OCH3 is 1. The number of aryl methyl sites for hydroxylation is 2. The molecule has 1 saturated heterocycles. The summed E-state index contributed by atoms with van der Waals surface area (Å²) < 4.78 is 44.5. The molecular weight excluding hydrogens is 1080 g/mol. The first-order valence-corrected chi connectivity index (χ1v) is 27.3. The van der Waals surface area contributed by atoms with Crippen molar-refractivity contribution in [2.24, 2.45) is 0 Å². The lowest BCUT2D eigenvalue weighted by Crippen LogP contribution is -2.70. The standard InChI is InChI=1S/C56H69N11O16/c1-31-20-40(21-32(2)50(31)80-35(5)70)54(75)59-26-46(79-34(4)69)51(81-36(6)71)52-49(61-48(73)30-67-28-43(63-65-67)38-15-9-8-10-16-38)45(78-33(3)68)23-56(83-52,55(76)77-7)82-44-19-12-11-18-42(44)60-47(72)29-66-27-41(62-64-66)25-58-53(74)39-17-13-14-37(22-39)24-57/h13-14,17,20-22,27-28,38,42,44-46,49,51-52H,8-12,15-16,18-19,23,25-26,29-30H2,1-7H3,(H,58,74)(H,59,75)(H,60,72)(H,61,73)/t42-,44-,45+,46-,49-,51-,52-,56-/m1/s1. The van der Waals surface area contributed by atoms with Crippen molar-refractivity contribution in [3.8, 4) is 11.8 Å². The molecule has 0 spiro atoms. The summed E-state index contributed by atoms with van der Waals surface area (Å²) in [5.74, 6) is -9.13. The summed E-state index contributed by atoms with van der Waals surface area (Å²) in [5.41, 5.74) is 2.62. The number of carbonyl (C=O) groups is 9. The van der Waals surface area contributed by atoms with E-state index in [2.05, 4.69) is 41.9 Å². The van der Waals surface area contributed by atoms with Crippen LogP contribution >= 0.6 is 0 Å². The number of nitrogens with zero attached hydrogens (tertiary/aromatic N) is 7. The first kappa shape index (κ1) is 62.0. The van der Waals surface area contributed by atoms with E-state index in [4.69, 9.17) is 33.2 Å². The zero-order valence-corrected chi connectivity index (χ0v) is 47.3. The SMILES string of the molecule is COC(=O)[C@@]1(O[C@@H]2CCCC[C@H]2NC(=O)Cn2cc(CNC(=O)c3cccc(C#N)c3)nn2)C[C@H](OC(C)=O)[C@@H](NC(=O)Cn2cc(C3CCCCC3)nn2)[C@H]([C@H](OC(C)=O)[C@@H](CNC(=O)c2cc(C)c(OC(C)=O)c(C)c2)OC(C)=O)O1. The van der Waals surface area contributed by atoms with Gasteiger partial charge < -0.3 is 54.4 Å². The van der Waals surface area contributed by atoms with Crippen molar-refractivity contribution in [1.82, 2.24) is 51.3 Å². The molecule has 3 fully saturated rings. The Morgan fingerprint density at radius 2 is 1.40 bits per heavy atom. The van der Waals surface area contributed by atoms with E-state index in [1.54, 1.807) is 38.2 Å². The number of aromatic nitrogens is 6. The molecule has 2 aromatic carbocycles. The van der Waals surface area contributed by atoms with Crippen LogP contribution in [0.3, 0.4) is 0 Å². The largest absolute Gasteiger partial charge is 0.465 e. The molecule has 3 aliphatic rings. The number of nitrogens with one attached hydrogen (secondary N) is 4. The molecule has 4 N–H and O–H groups in total. The van der Waals surface area contributed by atoms with Crippen molar-refractivity contribution >= 4 is 53.5 Å². The summed E-state index contributed by atoms with van der Waals surface area (Å²) in [5, 5.41) is 37.1. The fourth-order valence-corrected chi connectivity index (χ4v) is 10.7. The van der Waals surface area contributed by atoms with Crippen LogP contribution in [0.2, 0.25) is 0 Å². The van der Waals surface area contributed by atoms with Crippen LogP contribution in [0.4, 0.5) is 0 Å². The van der Waals surface area contributed by atoms with E-state index in [9.17, 15) is 48.4 Å². The number of rotatable bonds is 22. The maximum absolute atomic E-state index is 14.6. The van der Waals surface area contributed by atoms with E-state index in [-0.39, 0.29) is 42.3 Å². The van der Waals surface area contributed by atoms with E-state index >= 15 is 0 Å². The maximum atomic E-state index is 14.6. The number of benzene rings is 2. The van der Waals surface area contributed by atoms with Gasteiger partial charge in [-0.2, -0.15) is 5.26 Å². The first-order valence-electron chi connectivity index (χ1n) is 27.3. The van der Waals surface area contributed by atoms with Crippen LogP contribution in [0.25, 0.3) is 0 Å². The number of amides is 4. The maximum Gasteiger partial charge on any atom is 0.366 e. The van der Waals surface area contributed by atoms with Gasteiger partial charge in [0.1, 0.15) is 36.7 Å². The molecular formula is C56H69N11O16. The molecule has 4 aromatic rings. The molecule has 3 heterocycles. The second kappa shape index (κ2) is 28.4. The second-order valence-electron chi connectivity index (χ2n) is 20.8. The van der Waals surface area contributed by atoms with Crippen LogP contribution in [-0.4, -0.2) is 146 Å². The van der Waals surface area contributed by atoms with Gasteiger partial charge in [0.25, 0.3) is 17.6 Å². The van der Waals surface area contributed by atoms with E-state index in [1.807, 2.05) is 6.07 Å². The highest BCUT2D eigenvalue weighted by Crippen LogP contribution is 2.40. The predicted octanol–water partition coefficient (Wildman–Crippen LogP) is 2.77. The van der Waals surface area contributed by atoms with E-state index < -0.39 is 121 Å². The lowest BCUT2D eigenvalue weighted by molar-refractivity contribution is -0.327. The van der Waals surface area contributed by atoms with Crippen molar-refractivity contribution in [3.05, 3.63) is 88.0 Å². The minimum Gasteiger partial charge on any atom is -0.465 e. The molecule has 27 heteroatoms. The fourth-order valence-electron chi connectivity index (χ4n) is 10.7. The van der Waals surface area contributed by atoms with Gasteiger partial charge in [0.05, 0.1) is 68.3 Å². The van der Waals surface area contributed by atoms with Crippen molar-refractivity contribution in [3.63, 3.8) is 0 Å². The normalized spacial score (nSPS) is 21.3. The molecule has 2 saturated carbocycles. The summed E-state index contributed by atoms with van der Waals surface area (Å²) in [4.78, 5) is 121. The van der Waals surface area contributed by atoms with Gasteiger partial charge in [-0.15, -0.1) is 10.2 Å². The third-order valence-electron chi connectivity index (χ3n) is 14.3. The quantitative estimate of drug-likeness (QED) is 0.0499. The van der Waals surface area contributed by atoms with Crippen LogP contribution in [-0.2, 0) is 81.6 Å². The number of hydrogen-bond acceptors (Lipinski definition) is 21. The molecule has 0 radical (unpaired) electrons. The third-order valence-corrected chi connectivity index (χ3v) is 14.3. The fraction of sp³-hybridized carbons (Fsp3) is 0.536. The summed E-state index contributed by atoms with van der Waals surface area (Å²) in [6.45, 7) is 6.30. The summed E-state index contributed by atoms with van der Waals surface area (Å²) in [7, 11) is 1.05. The summed E-state index contributed by atoms with van der Waals surface area (Å²) in [6.07, 6.45) is 1.20. The number of carbonyl (C=O) groups excluding carboxylic acids is 9. The topological polar surface area (TPSA) is 352 Å². The van der Waals surface area contributed by atoms with E-state index in [0.717, 1.165) is 60.0 Å². The Hall–Kier alpha value is -8.64. The van der Waals surface area contributed by atoms with Gasteiger partial charge >= 0.3 is 29.8 Å². The highest BCUT2D eigenvalue weighted by Gasteiger charge is 2.60. The van der Waals surface area contributed by atoms with Crippen molar-refractivity contribution < 1.29 is 76.3 Å².